The Hall–Kier alpha value is -1.14. The number of aliphatic hydroxyl groups is 1. The lowest BCUT2D eigenvalue weighted by Crippen LogP contribution is -2.50. The number of nitrogens with zero attached hydrogens (tertiary/aromatic N) is 2. The van der Waals surface area contributed by atoms with Crippen LogP contribution in [0.1, 0.15) is 32.1 Å². The Balaban J connectivity index is 1.87. The number of carbonyl (C=O) groups excluding carboxylic acids is 2. The molecule has 0 aliphatic carbocycles. The number of imide groups is 1. The first kappa shape index (κ1) is 17.7. The number of anilines is 1. The molecule has 0 bridgehead atoms. The highest BCUT2D eigenvalue weighted by Crippen LogP contribution is 2.37. The highest BCUT2D eigenvalue weighted by molar-refractivity contribution is 6.44. The second-order valence-corrected chi connectivity index (χ2v) is 7.05. The Morgan fingerprint density at radius 2 is 2.00 bits per heavy atom. The summed E-state index contributed by atoms with van der Waals surface area (Å²) in [5, 5.41) is 9.80. The second kappa shape index (κ2) is 7.40. The number of amides is 2. The van der Waals surface area contributed by atoms with Gasteiger partial charge in [0.05, 0.1) is 28.2 Å². The Kier molecular flexibility index (Phi) is 5.45. The number of hydrogen-bond acceptors (Lipinski definition) is 4. The lowest BCUT2D eigenvalue weighted by Gasteiger charge is -2.38. The zero-order valence-electron chi connectivity index (χ0n) is 13.3. The molecule has 2 aliphatic rings. The molecule has 0 spiro atoms. The van der Waals surface area contributed by atoms with Gasteiger partial charge in [-0.05, 0) is 37.9 Å². The van der Waals surface area contributed by atoms with Gasteiger partial charge >= 0.3 is 0 Å². The smallest absolute Gasteiger partial charge is 0.251 e. The molecule has 0 aromatic heterocycles. The van der Waals surface area contributed by atoms with Crippen LogP contribution in [0.3, 0.4) is 0 Å². The first-order chi connectivity index (χ1) is 11.5. The van der Waals surface area contributed by atoms with Crippen LogP contribution in [0.15, 0.2) is 18.2 Å². The van der Waals surface area contributed by atoms with Crippen LogP contribution < -0.4 is 4.90 Å². The topological polar surface area (TPSA) is 60.9 Å². The Bertz CT molecular complexity index is 651. The molecular formula is C17H20Cl2N2O3. The van der Waals surface area contributed by atoms with Gasteiger partial charge in [-0.25, -0.2) is 4.90 Å². The summed E-state index contributed by atoms with van der Waals surface area (Å²) in [4.78, 5) is 28.7. The normalized spacial score (nSPS) is 25.5. The number of rotatable bonds is 4. The average molecular weight is 371 g/mol. The van der Waals surface area contributed by atoms with Crippen LogP contribution >= 0.6 is 23.2 Å². The molecule has 2 amide bonds. The summed E-state index contributed by atoms with van der Waals surface area (Å²) in [6, 6.07) is 4.59. The summed E-state index contributed by atoms with van der Waals surface area (Å²) in [6.07, 6.45) is 3.79. The number of carbonyl (C=O) groups is 2. The SMILES string of the molecule is O=C1C[C@H](N2CCCC[C@H]2CCO)C(=O)N1c1cccc(Cl)c1Cl. The molecule has 7 heteroatoms. The fraction of sp³-hybridized carbons (Fsp3) is 0.529. The van der Waals surface area contributed by atoms with Gasteiger partial charge in [-0.3, -0.25) is 14.5 Å². The minimum Gasteiger partial charge on any atom is -0.396 e. The molecule has 0 radical (unpaired) electrons. The fourth-order valence-electron chi connectivity index (χ4n) is 3.69. The monoisotopic (exact) mass is 370 g/mol. The molecule has 3 rings (SSSR count). The first-order valence-electron chi connectivity index (χ1n) is 8.22. The van der Waals surface area contributed by atoms with Crippen molar-refractivity contribution in [2.24, 2.45) is 0 Å². The van der Waals surface area contributed by atoms with Gasteiger partial charge in [0.15, 0.2) is 0 Å². The number of halogens is 2. The highest BCUT2D eigenvalue weighted by atomic mass is 35.5. The average Bonchev–Trinajstić information content (AvgIpc) is 2.86. The van der Waals surface area contributed by atoms with Crippen LogP contribution in [0.2, 0.25) is 10.0 Å². The minimum absolute atomic E-state index is 0.0832. The first-order valence-corrected chi connectivity index (χ1v) is 8.97. The van der Waals surface area contributed by atoms with E-state index in [0.717, 1.165) is 30.7 Å². The molecule has 24 heavy (non-hydrogen) atoms. The van der Waals surface area contributed by atoms with Crippen molar-refractivity contribution < 1.29 is 14.7 Å². The van der Waals surface area contributed by atoms with Crippen LogP contribution in [0.4, 0.5) is 5.69 Å². The lowest BCUT2D eigenvalue weighted by molar-refractivity contribution is -0.123. The number of benzene rings is 1. The van der Waals surface area contributed by atoms with Gasteiger partial charge in [-0.15, -0.1) is 0 Å². The van der Waals surface area contributed by atoms with Crippen molar-refractivity contribution in [3.63, 3.8) is 0 Å². The third-order valence-corrected chi connectivity index (χ3v) is 5.64. The van der Waals surface area contributed by atoms with E-state index in [0.29, 0.717) is 17.1 Å². The summed E-state index contributed by atoms with van der Waals surface area (Å²) >= 11 is 12.2. The maximum Gasteiger partial charge on any atom is 0.251 e. The summed E-state index contributed by atoms with van der Waals surface area (Å²) < 4.78 is 0. The molecule has 1 aromatic rings. The number of likely N-dealkylation sites (tertiary alicyclic amines) is 1. The molecule has 0 saturated carbocycles. The zero-order chi connectivity index (χ0) is 17.3. The molecule has 2 atom stereocenters. The van der Waals surface area contributed by atoms with Gasteiger partial charge in [0, 0.05) is 12.6 Å². The standard InChI is InChI=1S/C17H20Cl2N2O3/c18-12-5-3-6-13(16(12)19)21-15(23)10-14(17(21)24)20-8-2-1-4-11(20)7-9-22/h3,5-6,11,14,22H,1-2,4,7-10H2/t11-,14-/m0/s1. The number of piperidine rings is 1. The van der Waals surface area contributed by atoms with Crippen LogP contribution in [-0.2, 0) is 9.59 Å². The van der Waals surface area contributed by atoms with Crippen molar-refractivity contribution in [2.45, 2.75) is 44.2 Å². The molecule has 1 N–H and O–H groups in total. The van der Waals surface area contributed by atoms with Gasteiger partial charge < -0.3 is 5.11 Å². The van der Waals surface area contributed by atoms with Gasteiger partial charge in [0.25, 0.3) is 5.91 Å². The van der Waals surface area contributed by atoms with Crippen molar-refractivity contribution in [3.05, 3.63) is 28.2 Å². The van der Waals surface area contributed by atoms with E-state index in [2.05, 4.69) is 4.90 Å². The van der Waals surface area contributed by atoms with Gasteiger partial charge in [0.2, 0.25) is 5.91 Å². The number of aliphatic hydroxyl groups excluding tert-OH is 1. The Labute approximate surface area is 151 Å². The van der Waals surface area contributed by atoms with Gasteiger partial charge in [-0.2, -0.15) is 0 Å². The van der Waals surface area contributed by atoms with E-state index in [4.69, 9.17) is 23.2 Å². The van der Waals surface area contributed by atoms with E-state index in [1.54, 1.807) is 18.2 Å². The van der Waals surface area contributed by atoms with Gasteiger partial charge in [-0.1, -0.05) is 35.7 Å². The van der Waals surface area contributed by atoms with Gasteiger partial charge in [0.1, 0.15) is 0 Å². The predicted octanol–water partition coefficient (Wildman–Crippen LogP) is 2.86. The summed E-state index contributed by atoms with van der Waals surface area (Å²) in [7, 11) is 0. The molecule has 1 aromatic carbocycles. The quantitative estimate of drug-likeness (QED) is 0.827. The molecule has 2 heterocycles. The lowest BCUT2D eigenvalue weighted by atomic mass is 9.97. The van der Waals surface area contributed by atoms with Crippen molar-refractivity contribution in [1.29, 1.82) is 0 Å². The Morgan fingerprint density at radius 1 is 1.21 bits per heavy atom. The van der Waals surface area contributed by atoms with E-state index in [1.165, 1.54) is 0 Å². The van der Waals surface area contributed by atoms with E-state index in [1.807, 2.05) is 0 Å². The van der Waals surface area contributed by atoms with Crippen LogP contribution in [0.5, 0.6) is 0 Å². The molecule has 2 fully saturated rings. The van der Waals surface area contributed by atoms with E-state index >= 15 is 0 Å². The number of hydrogen-bond donors (Lipinski definition) is 1. The third kappa shape index (κ3) is 3.18. The largest absolute Gasteiger partial charge is 0.396 e. The molecule has 2 saturated heterocycles. The van der Waals surface area contributed by atoms with Crippen LogP contribution in [-0.4, -0.2) is 47.1 Å². The zero-order valence-corrected chi connectivity index (χ0v) is 14.8. The van der Waals surface area contributed by atoms with E-state index in [9.17, 15) is 14.7 Å². The molecular weight excluding hydrogens is 351 g/mol. The molecule has 0 unspecified atom stereocenters. The summed E-state index contributed by atoms with van der Waals surface area (Å²) in [5.74, 6) is -0.517. The summed E-state index contributed by atoms with van der Waals surface area (Å²) in [5.41, 5.74) is 0.345. The maximum atomic E-state index is 12.9. The highest BCUT2D eigenvalue weighted by Gasteiger charge is 2.45. The maximum absolute atomic E-state index is 12.9. The molecule has 5 nitrogen and oxygen atoms in total. The van der Waals surface area contributed by atoms with Crippen LogP contribution in [0.25, 0.3) is 0 Å². The van der Waals surface area contributed by atoms with Crippen molar-refractivity contribution in [2.75, 3.05) is 18.1 Å². The van der Waals surface area contributed by atoms with Crippen molar-refractivity contribution in [3.8, 4) is 0 Å². The molecule has 130 valence electrons. The fourth-order valence-corrected chi connectivity index (χ4v) is 4.07. The van der Waals surface area contributed by atoms with Crippen LogP contribution in [0, 0.1) is 0 Å². The third-order valence-electron chi connectivity index (χ3n) is 4.83. The van der Waals surface area contributed by atoms with Crippen molar-refractivity contribution in [1.82, 2.24) is 4.90 Å². The molecule has 2 aliphatic heterocycles. The predicted molar refractivity (Wildman–Crippen MR) is 93.4 cm³/mol. The van der Waals surface area contributed by atoms with E-state index in [-0.39, 0.29) is 35.9 Å². The van der Waals surface area contributed by atoms with E-state index < -0.39 is 6.04 Å². The second-order valence-electron chi connectivity index (χ2n) is 6.26. The van der Waals surface area contributed by atoms with Crippen molar-refractivity contribution >= 4 is 40.7 Å². The summed E-state index contributed by atoms with van der Waals surface area (Å²) in [6.45, 7) is 0.853. The minimum atomic E-state index is -0.482. The Morgan fingerprint density at radius 3 is 2.75 bits per heavy atom.